The quantitative estimate of drug-likeness (QED) is 0.710. The zero-order chi connectivity index (χ0) is 15.7. The van der Waals surface area contributed by atoms with Gasteiger partial charge in [0.25, 0.3) is 0 Å². The zero-order valence-electron chi connectivity index (χ0n) is 13.6. The van der Waals surface area contributed by atoms with E-state index in [-0.39, 0.29) is 5.97 Å². The van der Waals surface area contributed by atoms with E-state index in [9.17, 15) is 4.79 Å². The van der Waals surface area contributed by atoms with Crippen LogP contribution in [-0.4, -0.2) is 43.7 Å². The molecule has 0 radical (unpaired) electrons. The Kier molecular flexibility index (Phi) is 8.01. The summed E-state index contributed by atoms with van der Waals surface area (Å²) >= 11 is 0. The highest BCUT2D eigenvalue weighted by molar-refractivity contribution is 5.77. The standard InChI is InChI=1S/C17H28N2O2/c1-5-14(3)19(4)13-12-18-16(17(20)21-6-2)15-10-8-7-9-11-15/h7-11,14,16,18H,5-6,12-13H2,1-4H3. The second-order valence-electron chi connectivity index (χ2n) is 5.29. The summed E-state index contributed by atoms with van der Waals surface area (Å²) in [5.41, 5.74) is 0.946. The van der Waals surface area contributed by atoms with E-state index in [0.717, 1.165) is 25.1 Å². The van der Waals surface area contributed by atoms with Gasteiger partial charge < -0.3 is 9.64 Å². The Morgan fingerprint density at radius 1 is 1.29 bits per heavy atom. The van der Waals surface area contributed by atoms with Crippen LogP contribution in [0.5, 0.6) is 0 Å². The second-order valence-corrected chi connectivity index (χ2v) is 5.29. The first kappa shape index (κ1) is 17.7. The number of likely N-dealkylation sites (N-methyl/N-ethyl adjacent to an activating group) is 1. The van der Waals surface area contributed by atoms with E-state index >= 15 is 0 Å². The molecule has 1 aromatic carbocycles. The van der Waals surface area contributed by atoms with Gasteiger partial charge in [-0.3, -0.25) is 5.32 Å². The summed E-state index contributed by atoms with van der Waals surface area (Å²) in [6, 6.07) is 9.88. The molecule has 1 N–H and O–H groups in total. The average molecular weight is 292 g/mol. The molecule has 0 aliphatic rings. The number of rotatable bonds is 9. The average Bonchev–Trinajstić information content (AvgIpc) is 2.51. The summed E-state index contributed by atoms with van der Waals surface area (Å²) in [6.45, 7) is 8.27. The van der Waals surface area contributed by atoms with Gasteiger partial charge in [-0.05, 0) is 32.9 Å². The maximum Gasteiger partial charge on any atom is 0.327 e. The van der Waals surface area contributed by atoms with Crippen LogP contribution >= 0.6 is 0 Å². The lowest BCUT2D eigenvalue weighted by Gasteiger charge is -2.25. The topological polar surface area (TPSA) is 41.6 Å². The van der Waals surface area contributed by atoms with Crippen molar-refractivity contribution in [2.45, 2.75) is 39.3 Å². The first-order valence-corrected chi connectivity index (χ1v) is 7.75. The van der Waals surface area contributed by atoms with Crippen molar-refractivity contribution < 1.29 is 9.53 Å². The smallest absolute Gasteiger partial charge is 0.327 e. The van der Waals surface area contributed by atoms with Crippen molar-refractivity contribution in [3.8, 4) is 0 Å². The lowest BCUT2D eigenvalue weighted by atomic mass is 10.1. The number of hydrogen-bond acceptors (Lipinski definition) is 4. The SMILES string of the molecule is CCOC(=O)C(NCCN(C)C(C)CC)c1ccccc1. The Morgan fingerprint density at radius 3 is 2.52 bits per heavy atom. The van der Waals surface area contributed by atoms with Crippen molar-refractivity contribution in [1.82, 2.24) is 10.2 Å². The van der Waals surface area contributed by atoms with E-state index < -0.39 is 6.04 Å². The molecule has 1 aromatic rings. The normalized spacial score (nSPS) is 14.0. The fourth-order valence-corrected chi connectivity index (χ4v) is 2.13. The molecule has 2 unspecified atom stereocenters. The Labute approximate surface area is 128 Å². The predicted molar refractivity (Wildman–Crippen MR) is 86.2 cm³/mol. The Balaban J connectivity index is 2.60. The van der Waals surface area contributed by atoms with Crippen LogP contribution < -0.4 is 5.32 Å². The molecule has 0 spiro atoms. The van der Waals surface area contributed by atoms with Gasteiger partial charge in [0.2, 0.25) is 0 Å². The van der Waals surface area contributed by atoms with Crippen LogP contribution in [0.3, 0.4) is 0 Å². The summed E-state index contributed by atoms with van der Waals surface area (Å²) in [7, 11) is 2.11. The van der Waals surface area contributed by atoms with E-state index in [1.165, 1.54) is 0 Å². The van der Waals surface area contributed by atoms with Crippen molar-refractivity contribution in [3.63, 3.8) is 0 Å². The van der Waals surface area contributed by atoms with Crippen LogP contribution in [0.25, 0.3) is 0 Å². The highest BCUT2D eigenvalue weighted by Gasteiger charge is 2.21. The maximum absolute atomic E-state index is 12.1. The number of nitrogens with zero attached hydrogens (tertiary/aromatic N) is 1. The van der Waals surface area contributed by atoms with Crippen LogP contribution in [0.2, 0.25) is 0 Å². The first-order chi connectivity index (χ1) is 10.1. The third-order valence-electron chi connectivity index (χ3n) is 3.81. The van der Waals surface area contributed by atoms with Crippen LogP contribution in [-0.2, 0) is 9.53 Å². The molecular formula is C17H28N2O2. The highest BCUT2D eigenvalue weighted by Crippen LogP contribution is 2.14. The molecule has 2 atom stereocenters. The molecule has 118 valence electrons. The van der Waals surface area contributed by atoms with Gasteiger partial charge in [0.1, 0.15) is 6.04 Å². The van der Waals surface area contributed by atoms with Gasteiger partial charge in [0, 0.05) is 19.1 Å². The van der Waals surface area contributed by atoms with Gasteiger partial charge in [-0.2, -0.15) is 0 Å². The Hall–Kier alpha value is -1.39. The number of benzene rings is 1. The summed E-state index contributed by atoms with van der Waals surface area (Å²) in [5.74, 6) is -0.213. The number of carbonyl (C=O) groups excluding carboxylic acids is 1. The van der Waals surface area contributed by atoms with Crippen molar-refractivity contribution in [1.29, 1.82) is 0 Å². The van der Waals surface area contributed by atoms with Gasteiger partial charge in [-0.15, -0.1) is 0 Å². The number of esters is 1. The van der Waals surface area contributed by atoms with Crippen molar-refractivity contribution in [3.05, 3.63) is 35.9 Å². The molecule has 0 bridgehead atoms. The lowest BCUT2D eigenvalue weighted by molar-refractivity contribution is -0.145. The minimum atomic E-state index is -0.392. The van der Waals surface area contributed by atoms with E-state index in [0.29, 0.717) is 12.6 Å². The van der Waals surface area contributed by atoms with Gasteiger partial charge in [0.05, 0.1) is 6.61 Å². The largest absolute Gasteiger partial charge is 0.465 e. The third-order valence-corrected chi connectivity index (χ3v) is 3.81. The van der Waals surface area contributed by atoms with Crippen molar-refractivity contribution in [2.75, 3.05) is 26.7 Å². The molecule has 0 saturated carbocycles. The minimum Gasteiger partial charge on any atom is -0.465 e. The molecule has 4 nitrogen and oxygen atoms in total. The van der Waals surface area contributed by atoms with Gasteiger partial charge >= 0.3 is 5.97 Å². The second kappa shape index (κ2) is 9.53. The van der Waals surface area contributed by atoms with E-state index in [4.69, 9.17) is 4.74 Å². The molecule has 0 fully saturated rings. The first-order valence-electron chi connectivity index (χ1n) is 7.75. The fourth-order valence-electron chi connectivity index (χ4n) is 2.13. The van der Waals surface area contributed by atoms with Crippen LogP contribution in [0.4, 0.5) is 0 Å². The molecule has 0 aliphatic heterocycles. The van der Waals surface area contributed by atoms with Crippen molar-refractivity contribution >= 4 is 5.97 Å². The molecule has 0 aromatic heterocycles. The summed E-state index contributed by atoms with van der Waals surface area (Å²) in [5, 5.41) is 3.31. The van der Waals surface area contributed by atoms with Crippen LogP contribution in [0.1, 0.15) is 38.8 Å². The lowest BCUT2D eigenvalue weighted by Crippen LogP contribution is -2.38. The molecule has 0 heterocycles. The summed E-state index contributed by atoms with van der Waals surface area (Å²) in [4.78, 5) is 14.4. The van der Waals surface area contributed by atoms with Gasteiger partial charge in [0.15, 0.2) is 0 Å². The number of nitrogens with one attached hydrogen (secondary N) is 1. The fraction of sp³-hybridized carbons (Fsp3) is 0.588. The van der Waals surface area contributed by atoms with Crippen LogP contribution in [0.15, 0.2) is 30.3 Å². The molecule has 21 heavy (non-hydrogen) atoms. The molecular weight excluding hydrogens is 264 g/mol. The Morgan fingerprint density at radius 2 is 1.95 bits per heavy atom. The monoisotopic (exact) mass is 292 g/mol. The molecule has 1 rings (SSSR count). The van der Waals surface area contributed by atoms with Crippen molar-refractivity contribution in [2.24, 2.45) is 0 Å². The number of hydrogen-bond donors (Lipinski definition) is 1. The Bertz CT molecular complexity index is 409. The maximum atomic E-state index is 12.1. The molecule has 0 aliphatic carbocycles. The van der Waals surface area contributed by atoms with Gasteiger partial charge in [-0.1, -0.05) is 37.3 Å². The molecule has 0 amide bonds. The highest BCUT2D eigenvalue weighted by atomic mass is 16.5. The molecule has 4 heteroatoms. The van der Waals surface area contributed by atoms with E-state index in [1.807, 2.05) is 37.3 Å². The molecule has 0 saturated heterocycles. The summed E-state index contributed by atoms with van der Waals surface area (Å²) < 4.78 is 5.17. The summed E-state index contributed by atoms with van der Waals surface area (Å²) in [6.07, 6.45) is 1.12. The number of ether oxygens (including phenoxy) is 1. The minimum absolute atomic E-state index is 0.213. The van der Waals surface area contributed by atoms with E-state index in [2.05, 4.69) is 31.1 Å². The zero-order valence-corrected chi connectivity index (χ0v) is 13.6. The third kappa shape index (κ3) is 5.86. The van der Waals surface area contributed by atoms with Crippen LogP contribution in [0, 0.1) is 0 Å². The van der Waals surface area contributed by atoms with Gasteiger partial charge in [-0.25, -0.2) is 4.79 Å². The van der Waals surface area contributed by atoms with E-state index in [1.54, 1.807) is 0 Å². The predicted octanol–water partition coefficient (Wildman–Crippen LogP) is 2.61. The number of carbonyl (C=O) groups is 1.